The first-order valence-corrected chi connectivity index (χ1v) is 5.31. The number of aromatic amines is 1. The van der Waals surface area contributed by atoms with Crippen LogP contribution in [0.4, 0.5) is 0 Å². The van der Waals surface area contributed by atoms with Gasteiger partial charge in [-0.3, -0.25) is 0 Å². The molecular weight excluding hydrogens is 206 g/mol. The van der Waals surface area contributed by atoms with Crippen molar-refractivity contribution in [2.45, 2.75) is 13.3 Å². The van der Waals surface area contributed by atoms with E-state index in [1.165, 1.54) is 0 Å². The molecule has 0 saturated carbocycles. The van der Waals surface area contributed by atoms with Crippen molar-refractivity contribution in [3.63, 3.8) is 0 Å². The van der Waals surface area contributed by atoms with Crippen LogP contribution in [0.2, 0.25) is 0 Å². The Morgan fingerprint density at radius 1 is 1.31 bits per heavy atom. The molecule has 2 aromatic rings. The smallest absolute Gasteiger partial charge is 0.231 e. The molecule has 84 valence electrons. The van der Waals surface area contributed by atoms with Gasteiger partial charge in [0, 0.05) is 29.3 Å². The molecule has 1 aromatic carbocycles. The third-order valence-electron chi connectivity index (χ3n) is 2.97. The van der Waals surface area contributed by atoms with Crippen LogP contribution in [0.3, 0.4) is 0 Å². The van der Waals surface area contributed by atoms with E-state index in [2.05, 4.69) is 4.98 Å². The fourth-order valence-electron chi connectivity index (χ4n) is 2.21. The highest BCUT2D eigenvalue weighted by molar-refractivity contribution is 5.88. The van der Waals surface area contributed by atoms with E-state index in [1.54, 1.807) is 0 Å². The Balaban J connectivity index is 2.23. The van der Waals surface area contributed by atoms with E-state index in [0.717, 1.165) is 33.7 Å². The lowest BCUT2D eigenvalue weighted by Gasteiger charge is -1.99. The summed E-state index contributed by atoms with van der Waals surface area (Å²) in [6.07, 6.45) is 0.658. The van der Waals surface area contributed by atoms with Gasteiger partial charge in [-0.2, -0.15) is 0 Å². The quantitative estimate of drug-likeness (QED) is 0.808. The lowest BCUT2D eigenvalue weighted by Crippen LogP contribution is -1.93. The van der Waals surface area contributed by atoms with E-state index in [1.807, 2.05) is 19.1 Å². The Morgan fingerprint density at radius 3 is 2.81 bits per heavy atom. The first-order valence-electron chi connectivity index (χ1n) is 5.31. The Morgan fingerprint density at radius 2 is 2.06 bits per heavy atom. The zero-order chi connectivity index (χ0) is 11.1. The average molecular weight is 219 g/mol. The maximum absolute atomic E-state index is 9.05. The topological polar surface area (TPSA) is 54.5 Å². The second-order valence-corrected chi connectivity index (χ2v) is 3.95. The van der Waals surface area contributed by atoms with Gasteiger partial charge < -0.3 is 19.6 Å². The summed E-state index contributed by atoms with van der Waals surface area (Å²) in [5, 5.41) is 10.2. The van der Waals surface area contributed by atoms with Crippen molar-refractivity contribution in [1.29, 1.82) is 0 Å². The van der Waals surface area contributed by atoms with Crippen molar-refractivity contribution in [3.8, 4) is 11.5 Å². The number of aromatic nitrogens is 1. The molecule has 1 aliphatic heterocycles. The summed E-state index contributed by atoms with van der Waals surface area (Å²) in [5.74, 6) is 1.56. The molecule has 1 aliphatic rings. The van der Waals surface area contributed by atoms with E-state index in [0.29, 0.717) is 6.42 Å². The van der Waals surface area contributed by atoms with Gasteiger partial charge in [-0.25, -0.2) is 0 Å². The molecule has 0 aliphatic carbocycles. The average Bonchev–Trinajstić information content (AvgIpc) is 2.81. The maximum atomic E-state index is 9.05. The van der Waals surface area contributed by atoms with Gasteiger partial charge in [0.2, 0.25) is 6.79 Å². The summed E-state index contributed by atoms with van der Waals surface area (Å²) >= 11 is 0. The SMILES string of the molecule is Cc1[nH]c2cc3c(cc2c1CCO)OCO3. The van der Waals surface area contributed by atoms with Crippen LogP contribution < -0.4 is 9.47 Å². The van der Waals surface area contributed by atoms with Crippen LogP contribution in [-0.4, -0.2) is 23.5 Å². The van der Waals surface area contributed by atoms with Crippen molar-refractivity contribution in [1.82, 2.24) is 4.98 Å². The molecule has 2 heterocycles. The first-order chi connectivity index (χ1) is 7.79. The molecule has 0 radical (unpaired) electrons. The summed E-state index contributed by atoms with van der Waals surface area (Å²) in [4.78, 5) is 3.29. The third-order valence-corrected chi connectivity index (χ3v) is 2.97. The minimum atomic E-state index is 0.155. The number of aryl methyl sites for hydroxylation is 1. The Bertz CT molecular complexity index is 545. The van der Waals surface area contributed by atoms with Crippen LogP contribution in [0.1, 0.15) is 11.3 Å². The number of H-pyrrole nitrogens is 1. The molecule has 0 spiro atoms. The van der Waals surface area contributed by atoms with Crippen LogP contribution in [0.15, 0.2) is 12.1 Å². The Kier molecular flexibility index (Phi) is 2.04. The molecule has 0 unspecified atom stereocenters. The first kappa shape index (κ1) is 9.54. The predicted octanol–water partition coefficient (Wildman–Crippen LogP) is 1.74. The lowest BCUT2D eigenvalue weighted by atomic mass is 10.1. The molecule has 1 aromatic heterocycles. The van der Waals surface area contributed by atoms with Gasteiger partial charge in [-0.05, 0) is 25.0 Å². The van der Waals surface area contributed by atoms with Gasteiger partial charge in [0.25, 0.3) is 0 Å². The van der Waals surface area contributed by atoms with Crippen molar-refractivity contribution in [2.75, 3.05) is 13.4 Å². The number of benzene rings is 1. The monoisotopic (exact) mass is 219 g/mol. The summed E-state index contributed by atoms with van der Waals surface area (Å²) < 4.78 is 10.7. The molecule has 0 amide bonds. The van der Waals surface area contributed by atoms with E-state index < -0.39 is 0 Å². The zero-order valence-electron chi connectivity index (χ0n) is 9.04. The standard InChI is InChI=1S/C12H13NO3/c1-7-8(2-3-14)9-4-11-12(16-6-15-11)5-10(9)13-7/h4-5,13-14H,2-3,6H2,1H3. The molecule has 2 N–H and O–H groups in total. The molecule has 0 fully saturated rings. The molecule has 0 bridgehead atoms. The molecule has 3 rings (SSSR count). The van der Waals surface area contributed by atoms with Crippen molar-refractivity contribution in [2.24, 2.45) is 0 Å². The molecule has 4 nitrogen and oxygen atoms in total. The van der Waals surface area contributed by atoms with E-state index in [-0.39, 0.29) is 13.4 Å². The second kappa shape index (κ2) is 3.42. The Hall–Kier alpha value is -1.68. The fraction of sp³-hybridized carbons (Fsp3) is 0.333. The van der Waals surface area contributed by atoms with Crippen molar-refractivity contribution in [3.05, 3.63) is 23.4 Å². The van der Waals surface area contributed by atoms with Gasteiger partial charge in [-0.1, -0.05) is 0 Å². The summed E-state index contributed by atoms with van der Waals surface area (Å²) in [6.45, 7) is 2.45. The van der Waals surface area contributed by atoms with Gasteiger partial charge in [0.1, 0.15) is 0 Å². The molecule has 0 saturated heterocycles. The van der Waals surface area contributed by atoms with Gasteiger partial charge in [0.15, 0.2) is 11.5 Å². The number of hydrogen-bond acceptors (Lipinski definition) is 3. The number of aliphatic hydroxyl groups excluding tert-OH is 1. The van der Waals surface area contributed by atoms with Gasteiger partial charge >= 0.3 is 0 Å². The number of ether oxygens (including phenoxy) is 2. The highest BCUT2D eigenvalue weighted by atomic mass is 16.7. The normalized spacial score (nSPS) is 13.6. The molecular formula is C12H13NO3. The van der Waals surface area contributed by atoms with Gasteiger partial charge in [0.05, 0.1) is 0 Å². The van der Waals surface area contributed by atoms with Gasteiger partial charge in [-0.15, -0.1) is 0 Å². The second-order valence-electron chi connectivity index (χ2n) is 3.95. The highest BCUT2D eigenvalue weighted by Crippen LogP contribution is 2.37. The maximum Gasteiger partial charge on any atom is 0.231 e. The van der Waals surface area contributed by atoms with E-state index >= 15 is 0 Å². The summed E-state index contributed by atoms with van der Waals surface area (Å²) in [5.41, 5.74) is 3.27. The largest absolute Gasteiger partial charge is 0.454 e. The predicted molar refractivity (Wildman–Crippen MR) is 59.9 cm³/mol. The van der Waals surface area contributed by atoms with Crippen LogP contribution >= 0.6 is 0 Å². The van der Waals surface area contributed by atoms with Crippen molar-refractivity contribution < 1.29 is 14.6 Å². The highest BCUT2D eigenvalue weighted by Gasteiger charge is 2.17. The third kappa shape index (κ3) is 1.27. The minimum Gasteiger partial charge on any atom is -0.454 e. The minimum absolute atomic E-state index is 0.155. The fourth-order valence-corrected chi connectivity index (χ4v) is 2.21. The molecule has 16 heavy (non-hydrogen) atoms. The van der Waals surface area contributed by atoms with E-state index in [9.17, 15) is 0 Å². The lowest BCUT2D eigenvalue weighted by molar-refractivity contribution is 0.174. The number of aliphatic hydroxyl groups is 1. The summed E-state index contributed by atoms with van der Waals surface area (Å²) in [7, 11) is 0. The summed E-state index contributed by atoms with van der Waals surface area (Å²) in [6, 6.07) is 3.93. The van der Waals surface area contributed by atoms with Crippen molar-refractivity contribution >= 4 is 10.9 Å². The number of fused-ring (bicyclic) bond motifs is 2. The number of hydrogen-bond donors (Lipinski definition) is 2. The zero-order valence-corrected chi connectivity index (χ0v) is 9.04. The molecule has 0 atom stereocenters. The van der Waals surface area contributed by atoms with Crippen LogP contribution in [0.5, 0.6) is 11.5 Å². The molecule has 4 heteroatoms. The van der Waals surface area contributed by atoms with Crippen LogP contribution in [0.25, 0.3) is 10.9 Å². The Labute approximate surface area is 92.8 Å². The van der Waals surface area contributed by atoms with Crippen LogP contribution in [0, 0.1) is 6.92 Å². The number of nitrogens with one attached hydrogen (secondary N) is 1. The van der Waals surface area contributed by atoms with E-state index in [4.69, 9.17) is 14.6 Å². The van der Waals surface area contributed by atoms with Crippen LogP contribution in [-0.2, 0) is 6.42 Å². The number of rotatable bonds is 2.